The second-order valence-electron chi connectivity index (χ2n) is 2.66. The molecule has 0 bridgehead atoms. The number of rotatable bonds is 0. The van der Waals surface area contributed by atoms with Crippen molar-refractivity contribution in [2.24, 2.45) is 5.92 Å². The zero-order valence-corrected chi connectivity index (χ0v) is 7.27. The number of halogens is 3. The Balaban J connectivity index is 0.000000241. The first-order valence-corrected chi connectivity index (χ1v) is 3.85. The molecule has 1 saturated heterocycles. The van der Waals surface area contributed by atoms with E-state index in [0.717, 1.165) is 19.5 Å². The highest BCUT2D eigenvalue weighted by Gasteiger charge is 2.38. The summed E-state index contributed by atoms with van der Waals surface area (Å²) in [4.78, 5) is 8.90. The quantitative estimate of drug-likeness (QED) is 0.582. The summed E-state index contributed by atoms with van der Waals surface area (Å²) in [5.41, 5.74) is 0. The molecule has 3 nitrogen and oxygen atoms in total. The third-order valence-electron chi connectivity index (χ3n) is 1.54. The van der Waals surface area contributed by atoms with E-state index in [-0.39, 0.29) is 0 Å². The molecule has 0 spiro atoms. The number of nitrogens with one attached hydrogen (secondary N) is 1. The minimum Gasteiger partial charge on any atom is -0.475 e. The van der Waals surface area contributed by atoms with Crippen LogP contribution in [0.5, 0.6) is 0 Å². The maximum atomic E-state index is 10.6. The highest BCUT2D eigenvalue weighted by molar-refractivity contribution is 5.73. The van der Waals surface area contributed by atoms with Crippen molar-refractivity contribution < 1.29 is 23.1 Å². The van der Waals surface area contributed by atoms with Gasteiger partial charge >= 0.3 is 12.1 Å². The summed E-state index contributed by atoms with van der Waals surface area (Å²) >= 11 is 0. The third-order valence-corrected chi connectivity index (χ3v) is 1.54. The van der Waals surface area contributed by atoms with Gasteiger partial charge in [0.1, 0.15) is 0 Å². The molecule has 0 aromatic heterocycles. The summed E-state index contributed by atoms with van der Waals surface area (Å²) in [7, 11) is 0. The van der Waals surface area contributed by atoms with Crippen LogP contribution in [0.1, 0.15) is 6.42 Å². The van der Waals surface area contributed by atoms with E-state index >= 15 is 0 Å². The molecule has 0 radical (unpaired) electrons. The van der Waals surface area contributed by atoms with Gasteiger partial charge in [-0.3, -0.25) is 0 Å². The van der Waals surface area contributed by atoms with E-state index in [1.807, 2.05) is 0 Å². The van der Waals surface area contributed by atoms with Crippen LogP contribution in [0.3, 0.4) is 0 Å². The van der Waals surface area contributed by atoms with Crippen LogP contribution >= 0.6 is 0 Å². The zero-order chi connectivity index (χ0) is 11.2. The molecule has 1 aliphatic heterocycles. The van der Waals surface area contributed by atoms with Crippen molar-refractivity contribution in [1.29, 1.82) is 0 Å². The second kappa shape index (κ2) is 5.50. The molecular formula is C8H10F3NO2. The summed E-state index contributed by atoms with van der Waals surface area (Å²) in [6.07, 6.45) is 1.22. The number of terminal acetylenes is 1. The van der Waals surface area contributed by atoms with Crippen molar-refractivity contribution in [1.82, 2.24) is 5.32 Å². The smallest absolute Gasteiger partial charge is 0.475 e. The molecule has 0 amide bonds. The van der Waals surface area contributed by atoms with Gasteiger partial charge < -0.3 is 10.4 Å². The largest absolute Gasteiger partial charge is 0.490 e. The number of hydrogen-bond donors (Lipinski definition) is 2. The summed E-state index contributed by atoms with van der Waals surface area (Å²) in [6.45, 7) is 2.13. The van der Waals surface area contributed by atoms with Crippen LogP contribution in [0.25, 0.3) is 0 Å². The Labute approximate surface area is 79.3 Å². The van der Waals surface area contributed by atoms with Crippen LogP contribution in [0.2, 0.25) is 0 Å². The molecule has 1 unspecified atom stereocenters. The third kappa shape index (κ3) is 5.43. The van der Waals surface area contributed by atoms with Crippen molar-refractivity contribution in [3.05, 3.63) is 0 Å². The summed E-state index contributed by atoms with van der Waals surface area (Å²) in [6, 6.07) is 0. The van der Waals surface area contributed by atoms with Gasteiger partial charge in [0.25, 0.3) is 0 Å². The SMILES string of the molecule is C#CC1CCNC1.O=C(O)C(F)(F)F. The van der Waals surface area contributed by atoms with Crippen molar-refractivity contribution in [3.63, 3.8) is 0 Å². The lowest BCUT2D eigenvalue weighted by molar-refractivity contribution is -0.192. The average Bonchev–Trinajstić information content (AvgIpc) is 2.54. The van der Waals surface area contributed by atoms with Gasteiger partial charge in [0, 0.05) is 12.5 Å². The van der Waals surface area contributed by atoms with E-state index in [1.165, 1.54) is 0 Å². The van der Waals surface area contributed by atoms with Gasteiger partial charge in [0.05, 0.1) is 0 Å². The van der Waals surface area contributed by atoms with Crippen LogP contribution in [0.4, 0.5) is 13.2 Å². The van der Waals surface area contributed by atoms with Crippen molar-refractivity contribution in [3.8, 4) is 12.3 Å². The number of carboxylic acid groups (broad SMARTS) is 1. The molecule has 0 aromatic carbocycles. The first kappa shape index (κ1) is 12.8. The molecular weight excluding hydrogens is 199 g/mol. The predicted molar refractivity (Wildman–Crippen MR) is 43.5 cm³/mol. The molecule has 1 fully saturated rings. The normalized spacial score (nSPS) is 20.6. The van der Waals surface area contributed by atoms with Crippen LogP contribution in [-0.2, 0) is 4.79 Å². The van der Waals surface area contributed by atoms with Gasteiger partial charge in [-0.05, 0) is 13.0 Å². The standard InChI is InChI=1S/C6H9N.C2HF3O2/c1-2-6-3-4-7-5-6;3-2(4,5)1(6)7/h1,6-7H,3-5H2;(H,6,7). The van der Waals surface area contributed by atoms with E-state index < -0.39 is 12.1 Å². The first-order chi connectivity index (χ1) is 6.38. The van der Waals surface area contributed by atoms with Gasteiger partial charge in [-0.25, -0.2) is 4.79 Å². The van der Waals surface area contributed by atoms with Crippen LogP contribution in [0.15, 0.2) is 0 Å². The fourth-order valence-electron chi connectivity index (χ4n) is 0.797. The first-order valence-electron chi connectivity index (χ1n) is 3.85. The fourth-order valence-corrected chi connectivity index (χ4v) is 0.797. The molecule has 80 valence electrons. The van der Waals surface area contributed by atoms with E-state index in [2.05, 4.69) is 11.2 Å². The number of alkyl halides is 3. The lowest BCUT2D eigenvalue weighted by Gasteiger charge is -1.93. The molecule has 14 heavy (non-hydrogen) atoms. The Hall–Kier alpha value is -1.22. The number of hydrogen-bond acceptors (Lipinski definition) is 2. The molecule has 1 heterocycles. The number of carbonyl (C=O) groups is 1. The molecule has 1 atom stereocenters. The lowest BCUT2D eigenvalue weighted by Crippen LogP contribution is -2.21. The Morgan fingerprint density at radius 3 is 2.21 bits per heavy atom. The summed E-state index contributed by atoms with van der Waals surface area (Å²) in [5, 5.41) is 10.3. The second-order valence-corrected chi connectivity index (χ2v) is 2.66. The van der Waals surface area contributed by atoms with E-state index in [4.69, 9.17) is 16.3 Å². The molecule has 0 aromatic rings. The van der Waals surface area contributed by atoms with Crippen LogP contribution in [-0.4, -0.2) is 30.3 Å². The van der Waals surface area contributed by atoms with Crippen molar-refractivity contribution in [2.75, 3.05) is 13.1 Å². The molecule has 0 aliphatic carbocycles. The maximum absolute atomic E-state index is 10.6. The average molecular weight is 209 g/mol. The molecule has 6 heteroatoms. The van der Waals surface area contributed by atoms with Gasteiger partial charge in [0.2, 0.25) is 0 Å². The molecule has 0 saturated carbocycles. The minimum absolute atomic E-state index is 0.514. The highest BCUT2D eigenvalue weighted by atomic mass is 19.4. The lowest BCUT2D eigenvalue weighted by atomic mass is 10.1. The van der Waals surface area contributed by atoms with Gasteiger partial charge in [-0.15, -0.1) is 12.3 Å². The molecule has 1 aliphatic rings. The number of aliphatic carboxylic acids is 1. The highest BCUT2D eigenvalue weighted by Crippen LogP contribution is 2.13. The monoisotopic (exact) mass is 209 g/mol. The van der Waals surface area contributed by atoms with Gasteiger partial charge in [-0.2, -0.15) is 13.2 Å². The molecule has 1 rings (SSSR count). The molecule has 2 N–H and O–H groups in total. The van der Waals surface area contributed by atoms with Crippen molar-refractivity contribution >= 4 is 5.97 Å². The minimum atomic E-state index is -5.08. The van der Waals surface area contributed by atoms with E-state index in [0.29, 0.717) is 5.92 Å². The van der Waals surface area contributed by atoms with Gasteiger partial charge in [0.15, 0.2) is 0 Å². The predicted octanol–water partition coefficient (Wildman–Crippen LogP) is 0.862. The van der Waals surface area contributed by atoms with Crippen molar-refractivity contribution in [2.45, 2.75) is 12.6 Å². The summed E-state index contributed by atoms with van der Waals surface area (Å²) < 4.78 is 31.7. The Morgan fingerprint density at radius 1 is 1.57 bits per heavy atom. The summed E-state index contributed by atoms with van der Waals surface area (Å²) in [5.74, 6) is 0.458. The van der Waals surface area contributed by atoms with E-state index in [1.54, 1.807) is 0 Å². The van der Waals surface area contributed by atoms with E-state index in [9.17, 15) is 13.2 Å². The topological polar surface area (TPSA) is 49.3 Å². The zero-order valence-electron chi connectivity index (χ0n) is 7.27. The van der Waals surface area contributed by atoms with Crippen LogP contribution in [0, 0.1) is 18.3 Å². The Morgan fingerprint density at radius 2 is 2.07 bits per heavy atom. The fraction of sp³-hybridized carbons (Fsp3) is 0.625. The Bertz CT molecular complexity index is 226. The van der Waals surface area contributed by atoms with Gasteiger partial charge in [-0.1, -0.05) is 0 Å². The number of carboxylic acids is 1. The van der Waals surface area contributed by atoms with Crippen LogP contribution < -0.4 is 5.32 Å². The Kier molecular flexibility index (Phi) is 5.02. The maximum Gasteiger partial charge on any atom is 0.490 e.